The summed E-state index contributed by atoms with van der Waals surface area (Å²) < 4.78 is 0. The molecule has 160 valence electrons. The Morgan fingerprint density at radius 2 is 0.774 bits per heavy atom. The SMILES string of the molecule is O=C1C(Br)C(Br)C(=O)N1c1ccc(Cc2ccc(N3C(=O)C(Br)C(Br)C3=O)cc2)cc1. The second kappa shape index (κ2) is 8.88. The van der Waals surface area contributed by atoms with E-state index in [9.17, 15) is 19.2 Å². The van der Waals surface area contributed by atoms with Crippen LogP contribution in [-0.4, -0.2) is 42.9 Å². The summed E-state index contributed by atoms with van der Waals surface area (Å²) >= 11 is 13.0. The Balaban J connectivity index is 1.47. The molecule has 4 unspecified atom stereocenters. The molecule has 0 aliphatic carbocycles. The highest BCUT2D eigenvalue weighted by Gasteiger charge is 2.46. The van der Waals surface area contributed by atoms with Gasteiger partial charge >= 0.3 is 0 Å². The molecule has 0 spiro atoms. The number of benzene rings is 2. The van der Waals surface area contributed by atoms with Crippen LogP contribution in [0.2, 0.25) is 0 Å². The highest BCUT2D eigenvalue weighted by molar-refractivity contribution is 9.13. The molecule has 2 heterocycles. The Morgan fingerprint density at radius 3 is 1.03 bits per heavy atom. The monoisotopic (exact) mass is 674 g/mol. The molecule has 2 aromatic carbocycles. The lowest BCUT2D eigenvalue weighted by Crippen LogP contribution is -2.31. The summed E-state index contributed by atoms with van der Waals surface area (Å²) in [5.74, 6) is -1.18. The minimum atomic E-state index is -0.577. The van der Waals surface area contributed by atoms with Gasteiger partial charge in [-0.15, -0.1) is 0 Å². The van der Waals surface area contributed by atoms with Gasteiger partial charge < -0.3 is 0 Å². The van der Waals surface area contributed by atoms with Crippen molar-refractivity contribution in [3.05, 3.63) is 59.7 Å². The molecule has 6 nitrogen and oxygen atoms in total. The van der Waals surface area contributed by atoms with E-state index in [0.29, 0.717) is 17.8 Å². The van der Waals surface area contributed by atoms with Crippen molar-refractivity contribution < 1.29 is 19.2 Å². The minimum Gasteiger partial charge on any atom is -0.273 e. The summed E-state index contributed by atoms with van der Waals surface area (Å²) in [5.41, 5.74) is 3.05. The lowest BCUT2D eigenvalue weighted by Gasteiger charge is -2.15. The summed E-state index contributed by atoms with van der Waals surface area (Å²) in [4.78, 5) is 49.2. The highest BCUT2D eigenvalue weighted by atomic mass is 79.9. The molecule has 2 aromatic rings. The van der Waals surface area contributed by atoms with E-state index in [2.05, 4.69) is 63.7 Å². The van der Waals surface area contributed by atoms with Crippen LogP contribution in [0, 0.1) is 0 Å². The van der Waals surface area contributed by atoms with Crippen molar-refractivity contribution in [3.8, 4) is 0 Å². The predicted molar refractivity (Wildman–Crippen MR) is 132 cm³/mol. The number of amides is 4. The third-order valence-corrected chi connectivity index (χ3v) is 10.2. The Bertz CT molecular complexity index is 948. The molecule has 0 saturated carbocycles. The third-order valence-electron chi connectivity index (χ3n) is 5.14. The van der Waals surface area contributed by atoms with Crippen molar-refractivity contribution in [1.29, 1.82) is 0 Å². The number of hydrogen-bond donors (Lipinski definition) is 0. The molecule has 4 amide bonds. The first-order valence-electron chi connectivity index (χ1n) is 9.20. The van der Waals surface area contributed by atoms with Crippen LogP contribution in [0.1, 0.15) is 11.1 Å². The predicted octanol–water partition coefficient (Wildman–Crippen LogP) is 4.08. The van der Waals surface area contributed by atoms with Gasteiger partial charge in [0.2, 0.25) is 23.6 Å². The number of rotatable bonds is 4. The van der Waals surface area contributed by atoms with Gasteiger partial charge in [-0.1, -0.05) is 88.0 Å². The second-order valence-corrected chi connectivity index (χ2v) is 11.1. The molecule has 2 aliphatic rings. The van der Waals surface area contributed by atoms with Crippen molar-refractivity contribution >= 4 is 98.7 Å². The zero-order chi connectivity index (χ0) is 22.4. The van der Waals surface area contributed by atoms with Crippen LogP contribution in [0.5, 0.6) is 0 Å². The molecule has 4 atom stereocenters. The molecular formula is C21H14Br4N2O4. The van der Waals surface area contributed by atoms with Crippen molar-refractivity contribution in [1.82, 2.24) is 0 Å². The van der Waals surface area contributed by atoms with E-state index in [0.717, 1.165) is 11.1 Å². The molecule has 31 heavy (non-hydrogen) atoms. The van der Waals surface area contributed by atoms with E-state index in [1.165, 1.54) is 9.80 Å². The fourth-order valence-electron chi connectivity index (χ4n) is 3.48. The van der Waals surface area contributed by atoms with E-state index in [4.69, 9.17) is 0 Å². The van der Waals surface area contributed by atoms with Crippen LogP contribution >= 0.6 is 63.7 Å². The number of hydrogen-bond acceptors (Lipinski definition) is 4. The number of halogens is 4. The summed E-state index contributed by atoms with van der Waals surface area (Å²) in [6.45, 7) is 0. The second-order valence-electron chi connectivity index (χ2n) is 7.14. The van der Waals surface area contributed by atoms with Gasteiger partial charge in [-0.3, -0.25) is 19.2 Å². The Labute approximate surface area is 211 Å². The van der Waals surface area contributed by atoms with Gasteiger partial charge in [-0.25, -0.2) is 9.80 Å². The summed E-state index contributed by atoms with van der Waals surface area (Å²) in [6.07, 6.45) is 0.620. The van der Waals surface area contributed by atoms with Gasteiger partial charge in [-0.2, -0.15) is 0 Å². The number of anilines is 2. The van der Waals surface area contributed by atoms with Crippen LogP contribution in [0.3, 0.4) is 0 Å². The minimum absolute atomic E-state index is 0.294. The Hall–Kier alpha value is -1.36. The van der Waals surface area contributed by atoms with E-state index < -0.39 is 19.3 Å². The van der Waals surface area contributed by atoms with Crippen molar-refractivity contribution in [3.63, 3.8) is 0 Å². The van der Waals surface area contributed by atoms with Crippen molar-refractivity contribution in [2.24, 2.45) is 0 Å². The molecule has 2 fully saturated rings. The number of carbonyl (C=O) groups excluding carboxylic acids is 4. The molecule has 2 aliphatic heterocycles. The lowest BCUT2D eigenvalue weighted by molar-refractivity contribution is -0.122. The number of nitrogens with zero attached hydrogens (tertiary/aromatic N) is 2. The average molecular weight is 678 g/mol. The van der Waals surface area contributed by atoms with Crippen molar-refractivity contribution in [2.45, 2.75) is 25.7 Å². The largest absolute Gasteiger partial charge is 0.273 e. The molecule has 2 saturated heterocycles. The van der Waals surface area contributed by atoms with Gasteiger partial charge in [0.1, 0.15) is 19.3 Å². The van der Waals surface area contributed by atoms with Crippen LogP contribution in [-0.2, 0) is 25.6 Å². The molecule has 0 bridgehead atoms. The maximum Gasteiger partial charge on any atom is 0.249 e. The van der Waals surface area contributed by atoms with Gasteiger partial charge in [0.05, 0.1) is 11.4 Å². The van der Waals surface area contributed by atoms with Gasteiger partial charge in [0.25, 0.3) is 0 Å². The zero-order valence-corrected chi connectivity index (χ0v) is 22.0. The molecule has 4 rings (SSSR count). The quantitative estimate of drug-likeness (QED) is 0.362. The summed E-state index contributed by atoms with van der Waals surface area (Å²) in [7, 11) is 0. The van der Waals surface area contributed by atoms with Crippen LogP contribution in [0.15, 0.2) is 48.5 Å². The van der Waals surface area contributed by atoms with E-state index in [-0.39, 0.29) is 23.6 Å². The number of imide groups is 2. The van der Waals surface area contributed by atoms with Crippen LogP contribution in [0.4, 0.5) is 11.4 Å². The van der Waals surface area contributed by atoms with Crippen LogP contribution < -0.4 is 9.80 Å². The van der Waals surface area contributed by atoms with Gasteiger partial charge in [0, 0.05) is 0 Å². The zero-order valence-electron chi connectivity index (χ0n) is 15.7. The first-order chi connectivity index (χ1) is 14.7. The molecule has 0 N–H and O–H groups in total. The van der Waals surface area contributed by atoms with Gasteiger partial charge in [0.15, 0.2) is 0 Å². The smallest absolute Gasteiger partial charge is 0.249 e. The van der Waals surface area contributed by atoms with Gasteiger partial charge in [-0.05, 0) is 41.8 Å². The first-order valence-corrected chi connectivity index (χ1v) is 12.9. The molecule has 0 aromatic heterocycles. The van der Waals surface area contributed by atoms with Crippen LogP contribution in [0.25, 0.3) is 0 Å². The average Bonchev–Trinajstić information content (AvgIpc) is 3.08. The van der Waals surface area contributed by atoms with Crippen molar-refractivity contribution in [2.75, 3.05) is 9.80 Å². The van der Waals surface area contributed by atoms with E-state index >= 15 is 0 Å². The third kappa shape index (κ3) is 4.07. The van der Waals surface area contributed by atoms with E-state index in [1.54, 1.807) is 24.3 Å². The number of carbonyl (C=O) groups is 4. The Kier molecular flexibility index (Phi) is 6.54. The maximum absolute atomic E-state index is 12.3. The number of alkyl halides is 4. The normalized spacial score (nSPS) is 26.3. The first kappa shape index (κ1) is 22.8. The lowest BCUT2D eigenvalue weighted by atomic mass is 10.0. The molecule has 0 radical (unpaired) electrons. The standard InChI is InChI=1S/C21H14Br4N2O4/c22-14-15(23)19(29)26(18(14)28)12-5-1-10(2-6-12)9-11-3-7-13(8-4-11)27-20(30)16(24)17(25)21(27)31/h1-8,14-17H,9H2. The topological polar surface area (TPSA) is 74.8 Å². The molecule has 10 heteroatoms. The van der Waals surface area contributed by atoms with E-state index in [1.807, 2.05) is 24.3 Å². The summed E-state index contributed by atoms with van der Waals surface area (Å²) in [6, 6.07) is 14.5. The fraction of sp³-hybridized carbons (Fsp3) is 0.238. The molecular weight excluding hydrogens is 664 g/mol. The summed E-state index contributed by atoms with van der Waals surface area (Å²) in [5, 5.41) is 0. The highest BCUT2D eigenvalue weighted by Crippen LogP contribution is 2.32. The fourth-order valence-corrected chi connectivity index (χ4v) is 5.21. The maximum atomic E-state index is 12.3. The Morgan fingerprint density at radius 1 is 0.516 bits per heavy atom.